The molecule has 0 saturated carbocycles. The van der Waals surface area contributed by atoms with E-state index in [0.717, 1.165) is 16.9 Å². The summed E-state index contributed by atoms with van der Waals surface area (Å²) in [6.45, 7) is 6.51. The lowest BCUT2D eigenvalue weighted by Gasteiger charge is -2.11. The number of benzene rings is 3. The van der Waals surface area contributed by atoms with Gasteiger partial charge in [0.2, 0.25) is 17.8 Å². The number of aromatic nitrogens is 3. The van der Waals surface area contributed by atoms with E-state index in [-0.39, 0.29) is 5.95 Å². The van der Waals surface area contributed by atoms with E-state index in [9.17, 15) is 0 Å². The van der Waals surface area contributed by atoms with Crippen LogP contribution in [0, 0.1) is 0 Å². The predicted octanol–water partition coefficient (Wildman–Crippen LogP) is 5.77. The highest BCUT2D eigenvalue weighted by atomic mass is 16.5. The van der Waals surface area contributed by atoms with Gasteiger partial charge in [-0.25, -0.2) is 5.43 Å². The fourth-order valence-electron chi connectivity index (χ4n) is 3.14. The van der Waals surface area contributed by atoms with Crippen molar-refractivity contribution in [3.05, 3.63) is 97.1 Å². The Balaban J connectivity index is 1.53. The number of hydrogen-bond acceptors (Lipinski definition) is 9. The van der Waals surface area contributed by atoms with Crippen molar-refractivity contribution in [2.45, 2.75) is 6.92 Å². The summed E-state index contributed by atoms with van der Waals surface area (Å²) in [6.07, 6.45) is 3.34. The molecular formula is C27H27N7O2. The molecule has 36 heavy (non-hydrogen) atoms. The zero-order chi connectivity index (χ0) is 25.0. The summed E-state index contributed by atoms with van der Waals surface area (Å²) >= 11 is 0. The minimum Gasteiger partial charge on any atom is -0.490 e. The second-order valence-electron chi connectivity index (χ2n) is 7.40. The highest BCUT2D eigenvalue weighted by Gasteiger charge is 2.08. The van der Waals surface area contributed by atoms with Crippen molar-refractivity contribution in [2.75, 3.05) is 29.3 Å². The number of ether oxygens (including phenoxy) is 2. The summed E-state index contributed by atoms with van der Waals surface area (Å²) in [5, 5.41) is 10.7. The minimum absolute atomic E-state index is 0.272. The Kier molecular flexibility index (Phi) is 8.42. The first-order valence-electron chi connectivity index (χ1n) is 11.4. The molecule has 4 rings (SSSR count). The molecule has 3 N–H and O–H groups in total. The van der Waals surface area contributed by atoms with Crippen molar-refractivity contribution in [3.8, 4) is 11.5 Å². The average molecular weight is 482 g/mol. The summed E-state index contributed by atoms with van der Waals surface area (Å²) in [7, 11) is 0. The zero-order valence-corrected chi connectivity index (χ0v) is 19.9. The van der Waals surface area contributed by atoms with E-state index in [4.69, 9.17) is 9.47 Å². The van der Waals surface area contributed by atoms with Crippen molar-refractivity contribution in [1.29, 1.82) is 0 Å². The zero-order valence-electron chi connectivity index (χ0n) is 19.9. The second kappa shape index (κ2) is 12.5. The van der Waals surface area contributed by atoms with E-state index in [1.165, 1.54) is 0 Å². The van der Waals surface area contributed by atoms with Gasteiger partial charge in [0.15, 0.2) is 11.5 Å². The van der Waals surface area contributed by atoms with Gasteiger partial charge in [-0.05, 0) is 55.0 Å². The topological polar surface area (TPSA) is 106 Å². The van der Waals surface area contributed by atoms with Gasteiger partial charge in [-0.15, -0.1) is 0 Å². The lowest BCUT2D eigenvalue weighted by molar-refractivity contribution is 0.297. The van der Waals surface area contributed by atoms with Gasteiger partial charge >= 0.3 is 0 Å². The smallest absolute Gasteiger partial charge is 0.250 e. The van der Waals surface area contributed by atoms with Gasteiger partial charge in [0.1, 0.15) is 6.61 Å². The molecule has 9 nitrogen and oxygen atoms in total. The third-order valence-corrected chi connectivity index (χ3v) is 4.70. The Labute approximate surface area is 210 Å². The lowest BCUT2D eigenvalue weighted by Crippen LogP contribution is -2.07. The minimum atomic E-state index is 0.272. The van der Waals surface area contributed by atoms with Gasteiger partial charge in [0.25, 0.3) is 0 Å². The Morgan fingerprint density at radius 2 is 1.39 bits per heavy atom. The lowest BCUT2D eigenvalue weighted by atomic mass is 10.2. The van der Waals surface area contributed by atoms with Gasteiger partial charge in [-0.1, -0.05) is 49.1 Å². The van der Waals surface area contributed by atoms with Gasteiger partial charge in [-0.2, -0.15) is 20.1 Å². The normalized spacial score (nSPS) is 10.6. The summed E-state index contributed by atoms with van der Waals surface area (Å²) in [6, 6.07) is 24.9. The summed E-state index contributed by atoms with van der Waals surface area (Å²) in [4.78, 5) is 13.4. The standard InChI is InChI=1S/C27H27N7O2/c1-3-17-36-23-16-15-20(18-24(23)35-4-2)19-28-34-27-32-25(29-21-11-7-5-8-12-21)31-26(33-27)30-22-13-9-6-10-14-22/h3,5-16,18-19H,1,4,17H2,2H3,(H3,29,30,31,32,33,34)/b28-19-. The average Bonchev–Trinajstić information content (AvgIpc) is 2.89. The SMILES string of the molecule is C=CCOc1ccc(/C=N\Nc2nc(Nc3ccccc3)nc(Nc3ccccc3)n2)cc1OCC. The van der Waals surface area contributed by atoms with E-state index in [2.05, 4.69) is 42.7 Å². The first-order chi connectivity index (χ1) is 17.7. The molecule has 0 aliphatic heterocycles. The first-order valence-corrected chi connectivity index (χ1v) is 11.4. The number of nitrogens with zero attached hydrogens (tertiary/aromatic N) is 4. The van der Waals surface area contributed by atoms with Crippen LogP contribution in [0.2, 0.25) is 0 Å². The molecule has 0 unspecified atom stereocenters. The van der Waals surface area contributed by atoms with Crippen molar-refractivity contribution >= 4 is 35.4 Å². The molecule has 1 heterocycles. The molecule has 0 saturated heterocycles. The van der Waals surface area contributed by atoms with Crippen LogP contribution in [0.15, 0.2) is 96.6 Å². The monoisotopic (exact) mass is 481 g/mol. The quantitative estimate of drug-likeness (QED) is 0.133. The maximum absolute atomic E-state index is 5.69. The number of nitrogens with one attached hydrogen (secondary N) is 3. The molecule has 0 fully saturated rings. The van der Waals surface area contributed by atoms with Crippen LogP contribution in [0.25, 0.3) is 0 Å². The largest absolute Gasteiger partial charge is 0.490 e. The molecule has 1 aromatic heterocycles. The third-order valence-electron chi connectivity index (χ3n) is 4.70. The Morgan fingerprint density at radius 1 is 0.778 bits per heavy atom. The van der Waals surface area contributed by atoms with E-state index >= 15 is 0 Å². The van der Waals surface area contributed by atoms with Crippen LogP contribution >= 0.6 is 0 Å². The number of anilines is 5. The van der Waals surface area contributed by atoms with E-state index in [1.807, 2.05) is 85.8 Å². The summed E-state index contributed by atoms with van der Waals surface area (Å²) in [5.41, 5.74) is 5.41. The molecule has 4 aromatic rings. The fraction of sp³-hybridized carbons (Fsp3) is 0.111. The van der Waals surface area contributed by atoms with Crippen LogP contribution in [0.1, 0.15) is 12.5 Å². The summed E-state index contributed by atoms with van der Waals surface area (Å²) in [5.74, 6) is 2.29. The Morgan fingerprint density at radius 3 is 1.97 bits per heavy atom. The molecule has 0 atom stereocenters. The van der Waals surface area contributed by atoms with Crippen molar-refractivity contribution < 1.29 is 9.47 Å². The van der Waals surface area contributed by atoms with E-state index in [1.54, 1.807) is 12.3 Å². The van der Waals surface area contributed by atoms with Crippen molar-refractivity contribution in [3.63, 3.8) is 0 Å². The van der Waals surface area contributed by atoms with Crippen LogP contribution < -0.4 is 25.5 Å². The van der Waals surface area contributed by atoms with E-state index < -0.39 is 0 Å². The van der Waals surface area contributed by atoms with Crippen LogP contribution in [0.5, 0.6) is 11.5 Å². The molecule has 182 valence electrons. The molecule has 0 spiro atoms. The highest BCUT2D eigenvalue weighted by molar-refractivity contribution is 5.81. The number of rotatable bonds is 12. The number of hydrogen-bond donors (Lipinski definition) is 3. The predicted molar refractivity (Wildman–Crippen MR) is 144 cm³/mol. The maximum atomic E-state index is 5.69. The van der Waals surface area contributed by atoms with Crippen molar-refractivity contribution in [1.82, 2.24) is 15.0 Å². The molecular weight excluding hydrogens is 454 g/mol. The van der Waals surface area contributed by atoms with Gasteiger partial charge < -0.3 is 20.1 Å². The molecule has 0 aliphatic rings. The first kappa shape index (κ1) is 24.2. The maximum Gasteiger partial charge on any atom is 0.250 e. The van der Waals surface area contributed by atoms with Crippen LogP contribution in [-0.2, 0) is 0 Å². The summed E-state index contributed by atoms with van der Waals surface area (Å²) < 4.78 is 11.3. The number of hydrazone groups is 1. The van der Waals surface area contributed by atoms with Crippen LogP contribution in [0.4, 0.5) is 29.2 Å². The second-order valence-corrected chi connectivity index (χ2v) is 7.40. The van der Waals surface area contributed by atoms with Gasteiger partial charge in [0, 0.05) is 11.4 Å². The third kappa shape index (κ3) is 7.04. The van der Waals surface area contributed by atoms with E-state index in [0.29, 0.717) is 36.6 Å². The molecule has 9 heteroatoms. The van der Waals surface area contributed by atoms with Gasteiger partial charge in [0.05, 0.1) is 12.8 Å². The van der Waals surface area contributed by atoms with Crippen LogP contribution in [-0.4, -0.2) is 34.4 Å². The molecule has 0 aliphatic carbocycles. The Hall–Kier alpha value is -4.92. The van der Waals surface area contributed by atoms with Gasteiger partial charge in [-0.3, -0.25) is 0 Å². The van der Waals surface area contributed by atoms with Crippen LogP contribution in [0.3, 0.4) is 0 Å². The molecule has 0 bridgehead atoms. The molecule has 0 radical (unpaired) electrons. The highest BCUT2D eigenvalue weighted by Crippen LogP contribution is 2.28. The molecule has 0 amide bonds. The molecule has 3 aromatic carbocycles. The fourth-order valence-corrected chi connectivity index (χ4v) is 3.14. The van der Waals surface area contributed by atoms with Crippen molar-refractivity contribution in [2.24, 2.45) is 5.10 Å². The Bertz CT molecular complexity index is 1240. The number of para-hydroxylation sites is 2.